The third-order valence-corrected chi connectivity index (χ3v) is 5.46. The number of nitrogens with one attached hydrogen (secondary N) is 1. The molecule has 1 aromatic carbocycles. The van der Waals surface area contributed by atoms with Crippen molar-refractivity contribution in [3.63, 3.8) is 0 Å². The van der Waals surface area contributed by atoms with Gasteiger partial charge in [0.05, 0.1) is 22.2 Å². The van der Waals surface area contributed by atoms with Crippen molar-refractivity contribution >= 4 is 15.9 Å². The number of carbonyl (C=O) groups is 1. The molecule has 110 valence electrons. The maximum atomic E-state index is 12.8. The second-order valence-corrected chi connectivity index (χ2v) is 6.98. The molecule has 6 heteroatoms. The number of fused-ring (bicyclic) bond motifs is 1. The molecule has 5 nitrogen and oxygen atoms in total. The molecule has 0 saturated heterocycles. The Morgan fingerprint density at radius 3 is 2.48 bits per heavy atom. The molecule has 0 spiro atoms. The minimum Gasteiger partial charge on any atom is -0.344 e. The SMILES string of the molecule is CC[C@H]1NC(=O)c2ccn(S(=O)(=O)c3ccc(C)cc3)c21. The Morgan fingerprint density at radius 2 is 1.86 bits per heavy atom. The van der Waals surface area contributed by atoms with E-state index in [0.29, 0.717) is 17.7 Å². The molecule has 2 aromatic rings. The highest BCUT2D eigenvalue weighted by Gasteiger charge is 2.34. The van der Waals surface area contributed by atoms with Crippen LogP contribution in [0.5, 0.6) is 0 Å². The summed E-state index contributed by atoms with van der Waals surface area (Å²) in [4.78, 5) is 12.1. The van der Waals surface area contributed by atoms with Gasteiger partial charge in [-0.25, -0.2) is 12.4 Å². The van der Waals surface area contributed by atoms with Crippen molar-refractivity contribution in [3.05, 3.63) is 53.3 Å². The van der Waals surface area contributed by atoms with Crippen LogP contribution in [0.3, 0.4) is 0 Å². The van der Waals surface area contributed by atoms with Gasteiger partial charge in [-0.05, 0) is 31.5 Å². The van der Waals surface area contributed by atoms with Gasteiger partial charge in [-0.15, -0.1) is 0 Å². The predicted molar refractivity (Wildman–Crippen MR) is 78.7 cm³/mol. The van der Waals surface area contributed by atoms with E-state index in [2.05, 4.69) is 5.32 Å². The lowest BCUT2D eigenvalue weighted by atomic mass is 10.1. The largest absolute Gasteiger partial charge is 0.344 e. The molecule has 21 heavy (non-hydrogen) atoms. The first-order chi connectivity index (χ1) is 9.95. The van der Waals surface area contributed by atoms with E-state index in [4.69, 9.17) is 0 Å². The summed E-state index contributed by atoms with van der Waals surface area (Å²) in [6.07, 6.45) is 2.10. The average molecular weight is 304 g/mol. The maximum Gasteiger partial charge on any atom is 0.267 e. The Morgan fingerprint density at radius 1 is 1.19 bits per heavy atom. The van der Waals surface area contributed by atoms with E-state index in [0.717, 1.165) is 5.56 Å². The predicted octanol–water partition coefficient (Wildman–Crippen LogP) is 2.23. The van der Waals surface area contributed by atoms with Crippen LogP contribution >= 0.6 is 0 Å². The van der Waals surface area contributed by atoms with Crippen molar-refractivity contribution in [1.29, 1.82) is 0 Å². The number of nitrogens with zero attached hydrogens (tertiary/aromatic N) is 1. The van der Waals surface area contributed by atoms with Crippen LogP contribution in [0.2, 0.25) is 0 Å². The third kappa shape index (κ3) is 2.06. The lowest BCUT2D eigenvalue weighted by molar-refractivity contribution is 0.0955. The minimum absolute atomic E-state index is 0.213. The summed E-state index contributed by atoms with van der Waals surface area (Å²) in [5, 5.41) is 2.80. The van der Waals surface area contributed by atoms with Gasteiger partial charge >= 0.3 is 0 Å². The lowest BCUT2D eigenvalue weighted by Crippen LogP contribution is -2.22. The zero-order chi connectivity index (χ0) is 15.2. The summed E-state index contributed by atoms with van der Waals surface area (Å²) in [6.45, 7) is 3.81. The number of carbonyl (C=O) groups excluding carboxylic acids is 1. The van der Waals surface area contributed by atoms with Gasteiger partial charge in [-0.3, -0.25) is 4.79 Å². The van der Waals surface area contributed by atoms with Gasteiger partial charge in [-0.1, -0.05) is 24.6 Å². The van der Waals surface area contributed by atoms with Gasteiger partial charge in [-0.2, -0.15) is 0 Å². The van der Waals surface area contributed by atoms with E-state index >= 15 is 0 Å². The molecule has 0 bridgehead atoms. The van der Waals surface area contributed by atoms with Crippen molar-refractivity contribution < 1.29 is 13.2 Å². The number of hydrogen-bond donors (Lipinski definition) is 1. The monoisotopic (exact) mass is 304 g/mol. The Kier molecular flexibility index (Phi) is 3.13. The molecular weight excluding hydrogens is 288 g/mol. The lowest BCUT2D eigenvalue weighted by Gasteiger charge is -2.14. The van der Waals surface area contributed by atoms with Crippen molar-refractivity contribution in [3.8, 4) is 0 Å². The van der Waals surface area contributed by atoms with Crippen LogP contribution in [-0.2, 0) is 10.0 Å². The van der Waals surface area contributed by atoms with Crippen molar-refractivity contribution in [1.82, 2.24) is 9.29 Å². The van der Waals surface area contributed by atoms with Gasteiger partial charge in [0.2, 0.25) is 0 Å². The number of hydrogen-bond acceptors (Lipinski definition) is 3. The number of aryl methyl sites for hydroxylation is 1. The molecule has 1 aromatic heterocycles. The van der Waals surface area contributed by atoms with Crippen molar-refractivity contribution in [2.75, 3.05) is 0 Å². The molecule has 1 aliphatic heterocycles. The Labute approximate surface area is 123 Å². The molecule has 1 N–H and O–H groups in total. The standard InChI is InChI=1S/C15H16N2O3S/c1-3-13-14-12(15(18)16-13)8-9-17(14)21(19,20)11-6-4-10(2)5-7-11/h4-9,13H,3H2,1-2H3,(H,16,18)/t13-/m1/s1. The quantitative estimate of drug-likeness (QED) is 0.945. The number of rotatable bonds is 3. The molecule has 0 saturated carbocycles. The van der Waals surface area contributed by atoms with Gasteiger partial charge < -0.3 is 5.32 Å². The zero-order valence-corrected chi connectivity index (χ0v) is 12.6. The molecule has 1 amide bonds. The minimum atomic E-state index is -3.68. The van der Waals surface area contributed by atoms with Crippen LogP contribution in [0.25, 0.3) is 0 Å². The van der Waals surface area contributed by atoms with E-state index in [1.807, 2.05) is 13.8 Å². The first-order valence-electron chi connectivity index (χ1n) is 6.79. The molecule has 3 rings (SSSR count). The van der Waals surface area contributed by atoms with E-state index in [1.54, 1.807) is 30.3 Å². The summed E-state index contributed by atoms with van der Waals surface area (Å²) < 4.78 is 26.7. The fourth-order valence-corrected chi connectivity index (χ4v) is 4.01. The summed E-state index contributed by atoms with van der Waals surface area (Å²) in [7, 11) is -3.68. The molecule has 0 aliphatic carbocycles. The van der Waals surface area contributed by atoms with Gasteiger partial charge in [0.25, 0.3) is 15.9 Å². The molecular formula is C15H16N2O3S. The highest BCUT2D eigenvalue weighted by molar-refractivity contribution is 7.90. The van der Waals surface area contributed by atoms with Gasteiger partial charge in [0.1, 0.15) is 0 Å². The van der Waals surface area contributed by atoms with Gasteiger partial charge in [0, 0.05) is 6.20 Å². The summed E-state index contributed by atoms with van der Waals surface area (Å²) in [5.41, 5.74) is 1.97. The third-order valence-electron chi connectivity index (χ3n) is 3.76. The normalized spacial score (nSPS) is 17.6. The smallest absolute Gasteiger partial charge is 0.267 e. The second-order valence-electron chi connectivity index (χ2n) is 5.16. The van der Waals surface area contributed by atoms with Crippen LogP contribution in [-0.4, -0.2) is 18.3 Å². The first-order valence-corrected chi connectivity index (χ1v) is 8.23. The van der Waals surface area contributed by atoms with E-state index < -0.39 is 10.0 Å². The maximum absolute atomic E-state index is 12.8. The molecule has 0 radical (unpaired) electrons. The molecule has 1 aliphatic rings. The number of benzene rings is 1. The summed E-state index contributed by atoms with van der Waals surface area (Å²) >= 11 is 0. The number of aromatic nitrogens is 1. The highest BCUT2D eigenvalue weighted by atomic mass is 32.2. The van der Waals surface area contributed by atoms with Crippen molar-refractivity contribution in [2.24, 2.45) is 0 Å². The van der Waals surface area contributed by atoms with E-state index in [9.17, 15) is 13.2 Å². The van der Waals surface area contributed by atoms with Crippen LogP contribution in [0.15, 0.2) is 41.4 Å². The molecule has 0 unspecified atom stereocenters. The fraction of sp³-hybridized carbons (Fsp3) is 0.267. The summed E-state index contributed by atoms with van der Waals surface area (Å²) in [5.74, 6) is -0.213. The van der Waals surface area contributed by atoms with Gasteiger partial charge in [0.15, 0.2) is 0 Å². The molecule has 0 fully saturated rings. The first kappa shape index (κ1) is 13.9. The van der Waals surface area contributed by atoms with Crippen LogP contribution in [0.4, 0.5) is 0 Å². The topological polar surface area (TPSA) is 68.2 Å². The zero-order valence-electron chi connectivity index (χ0n) is 11.8. The Bertz CT molecular complexity index is 804. The van der Waals surface area contributed by atoms with E-state index in [1.165, 1.54) is 10.2 Å². The Balaban J connectivity index is 2.16. The molecule has 2 heterocycles. The van der Waals surface area contributed by atoms with Crippen LogP contribution < -0.4 is 5.32 Å². The van der Waals surface area contributed by atoms with E-state index in [-0.39, 0.29) is 16.8 Å². The fourth-order valence-electron chi connectivity index (χ4n) is 2.59. The van der Waals surface area contributed by atoms with Crippen LogP contribution in [0, 0.1) is 6.92 Å². The summed E-state index contributed by atoms with van der Waals surface area (Å²) in [6, 6.07) is 7.99. The van der Waals surface area contributed by atoms with Crippen LogP contribution in [0.1, 0.15) is 41.0 Å². The van der Waals surface area contributed by atoms with Crippen molar-refractivity contribution in [2.45, 2.75) is 31.2 Å². The number of amides is 1. The molecule has 1 atom stereocenters. The Hall–Kier alpha value is -2.08. The second kappa shape index (κ2) is 4.73. The highest BCUT2D eigenvalue weighted by Crippen LogP contribution is 2.31. The average Bonchev–Trinajstić information content (AvgIpc) is 3.01.